The van der Waals surface area contributed by atoms with Crippen LogP contribution in [0.4, 0.5) is 4.39 Å². The molecule has 0 atom stereocenters. The van der Waals surface area contributed by atoms with Crippen molar-refractivity contribution in [3.05, 3.63) is 65.8 Å². The maximum Gasteiger partial charge on any atom is 0.234 e. The van der Waals surface area contributed by atoms with Crippen molar-refractivity contribution in [3.63, 3.8) is 0 Å². The van der Waals surface area contributed by atoms with Crippen molar-refractivity contribution in [3.8, 4) is 17.1 Å². The van der Waals surface area contributed by atoms with Crippen molar-refractivity contribution < 1.29 is 18.4 Å². The summed E-state index contributed by atoms with van der Waals surface area (Å²) in [6.45, 7) is 2.01. The minimum Gasteiger partial charge on any atom is -0.486 e. The summed E-state index contributed by atoms with van der Waals surface area (Å²) in [6, 6.07) is 13.9. The van der Waals surface area contributed by atoms with Crippen LogP contribution in [-0.4, -0.2) is 29.9 Å². The smallest absolute Gasteiger partial charge is 0.234 e. The molecule has 1 aromatic heterocycles. The zero-order valence-corrected chi connectivity index (χ0v) is 16.7. The van der Waals surface area contributed by atoms with Gasteiger partial charge in [-0.15, -0.1) is 12.4 Å². The van der Waals surface area contributed by atoms with E-state index in [1.807, 2.05) is 24.3 Å². The number of nitrogens with zero attached hydrogens (tertiary/aromatic N) is 2. The van der Waals surface area contributed by atoms with Gasteiger partial charge >= 0.3 is 0 Å². The molecule has 6 nitrogen and oxygen atoms in total. The first-order chi connectivity index (χ1) is 13.7. The molecule has 154 valence electrons. The summed E-state index contributed by atoms with van der Waals surface area (Å²) >= 11 is 0. The quantitative estimate of drug-likeness (QED) is 0.652. The Bertz CT molecular complexity index is 927. The molecule has 0 saturated carbocycles. The molecule has 3 aromatic rings. The second kappa shape index (κ2) is 9.35. The van der Waals surface area contributed by atoms with Crippen molar-refractivity contribution in [2.75, 3.05) is 19.8 Å². The highest BCUT2D eigenvalue weighted by Crippen LogP contribution is 2.33. The van der Waals surface area contributed by atoms with Gasteiger partial charge in [-0.25, -0.2) is 4.39 Å². The van der Waals surface area contributed by atoms with E-state index in [0.717, 1.165) is 24.0 Å². The van der Waals surface area contributed by atoms with Gasteiger partial charge in [0.2, 0.25) is 11.7 Å². The Morgan fingerprint density at radius 2 is 1.79 bits per heavy atom. The number of benzene rings is 2. The summed E-state index contributed by atoms with van der Waals surface area (Å²) in [5.74, 6) is 0.953. The molecule has 29 heavy (non-hydrogen) atoms. The second-order valence-electron chi connectivity index (χ2n) is 6.94. The topological polar surface area (TPSA) is 83.4 Å². The molecule has 0 bridgehead atoms. The Morgan fingerprint density at radius 1 is 1.07 bits per heavy atom. The van der Waals surface area contributed by atoms with Gasteiger partial charge in [-0.3, -0.25) is 0 Å². The van der Waals surface area contributed by atoms with Gasteiger partial charge in [-0.05, 0) is 30.5 Å². The van der Waals surface area contributed by atoms with Crippen LogP contribution in [0.2, 0.25) is 0 Å². The van der Waals surface area contributed by atoms with Crippen LogP contribution in [0.25, 0.3) is 11.4 Å². The first-order valence-corrected chi connectivity index (χ1v) is 9.29. The van der Waals surface area contributed by atoms with Crippen LogP contribution in [0, 0.1) is 5.82 Å². The Labute approximate surface area is 174 Å². The third kappa shape index (κ3) is 4.58. The SMILES string of the molecule is Cl.NCC1(c2nc(-c3ccc(COc4ccccc4F)cc3)no2)CCOCC1. The number of halogens is 2. The van der Waals surface area contributed by atoms with Crippen LogP contribution in [0.5, 0.6) is 5.75 Å². The number of aromatic nitrogens is 2. The molecule has 1 saturated heterocycles. The lowest BCUT2D eigenvalue weighted by Crippen LogP contribution is -2.40. The fourth-order valence-corrected chi connectivity index (χ4v) is 3.30. The van der Waals surface area contributed by atoms with E-state index in [1.165, 1.54) is 6.07 Å². The first-order valence-electron chi connectivity index (χ1n) is 9.29. The molecule has 0 aliphatic carbocycles. The number of hydrogen-bond acceptors (Lipinski definition) is 6. The Kier molecular flexibility index (Phi) is 6.84. The Hall–Kier alpha value is -2.48. The predicted molar refractivity (Wildman–Crippen MR) is 108 cm³/mol. The number of hydrogen-bond donors (Lipinski definition) is 1. The van der Waals surface area contributed by atoms with Gasteiger partial charge in [0.1, 0.15) is 6.61 Å². The number of ether oxygens (including phenoxy) is 2. The van der Waals surface area contributed by atoms with E-state index in [2.05, 4.69) is 10.1 Å². The number of nitrogens with two attached hydrogens (primary N) is 1. The van der Waals surface area contributed by atoms with E-state index >= 15 is 0 Å². The molecule has 0 amide bonds. The predicted octanol–water partition coefficient (Wildman–Crippen LogP) is 3.88. The standard InChI is InChI=1S/C21H22FN3O3.ClH/c22-17-3-1-2-4-18(17)27-13-15-5-7-16(8-6-15)19-24-20(28-25-19)21(14-23)9-11-26-12-10-21;/h1-8H,9-14,23H2;1H. The van der Waals surface area contributed by atoms with E-state index in [1.54, 1.807) is 18.2 Å². The molecule has 8 heteroatoms. The highest BCUT2D eigenvalue weighted by atomic mass is 35.5. The molecule has 2 aromatic carbocycles. The van der Waals surface area contributed by atoms with E-state index in [9.17, 15) is 4.39 Å². The van der Waals surface area contributed by atoms with Crippen molar-refractivity contribution in [2.24, 2.45) is 5.73 Å². The molecular weight excluding hydrogens is 397 g/mol. The molecule has 1 fully saturated rings. The monoisotopic (exact) mass is 419 g/mol. The molecule has 2 heterocycles. The number of para-hydroxylation sites is 1. The van der Waals surface area contributed by atoms with Crippen LogP contribution in [-0.2, 0) is 16.8 Å². The fourth-order valence-electron chi connectivity index (χ4n) is 3.30. The third-order valence-corrected chi connectivity index (χ3v) is 5.16. The minimum absolute atomic E-state index is 0. The third-order valence-electron chi connectivity index (χ3n) is 5.16. The lowest BCUT2D eigenvalue weighted by Gasteiger charge is -2.32. The zero-order valence-electron chi connectivity index (χ0n) is 15.8. The van der Waals surface area contributed by atoms with Gasteiger partial charge < -0.3 is 19.7 Å². The highest BCUT2D eigenvalue weighted by molar-refractivity contribution is 5.85. The summed E-state index contributed by atoms with van der Waals surface area (Å²) in [5.41, 5.74) is 7.45. The molecule has 2 N–H and O–H groups in total. The van der Waals surface area contributed by atoms with Crippen LogP contribution >= 0.6 is 12.4 Å². The summed E-state index contributed by atoms with van der Waals surface area (Å²) in [4.78, 5) is 4.59. The van der Waals surface area contributed by atoms with E-state index < -0.39 is 0 Å². The van der Waals surface area contributed by atoms with Crippen LogP contribution < -0.4 is 10.5 Å². The van der Waals surface area contributed by atoms with Gasteiger partial charge in [0.25, 0.3) is 0 Å². The largest absolute Gasteiger partial charge is 0.486 e. The van der Waals surface area contributed by atoms with Crippen LogP contribution in [0.3, 0.4) is 0 Å². The number of rotatable bonds is 6. The van der Waals surface area contributed by atoms with Gasteiger partial charge in [-0.2, -0.15) is 4.98 Å². The van der Waals surface area contributed by atoms with E-state index in [0.29, 0.717) is 31.5 Å². The average Bonchev–Trinajstić information content (AvgIpc) is 3.25. The van der Waals surface area contributed by atoms with Gasteiger partial charge in [0, 0.05) is 25.3 Å². The average molecular weight is 420 g/mol. The Balaban J connectivity index is 0.00000240. The minimum atomic E-state index is -0.375. The highest BCUT2D eigenvalue weighted by Gasteiger charge is 2.38. The fraction of sp³-hybridized carbons (Fsp3) is 0.333. The zero-order chi connectivity index (χ0) is 19.4. The molecular formula is C21H23ClFN3O3. The van der Waals surface area contributed by atoms with Gasteiger partial charge in [0.15, 0.2) is 11.6 Å². The van der Waals surface area contributed by atoms with Crippen LogP contribution in [0.15, 0.2) is 53.1 Å². The van der Waals surface area contributed by atoms with Crippen molar-refractivity contribution in [2.45, 2.75) is 24.9 Å². The van der Waals surface area contributed by atoms with Crippen molar-refractivity contribution in [1.29, 1.82) is 0 Å². The summed E-state index contributed by atoms with van der Waals surface area (Å²) in [6.07, 6.45) is 1.55. The molecule has 0 spiro atoms. The molecule has 1 aliphatic rings. The van der Waals surface area contributed by atoms with Gasteiger partial charge in [0.05, 0.1) is 5.41 Å². The first kappa shape index (κ1) is 21.2. The second-order valence-corrected chi connectivity index (χ2v) is 6.94. The summed E-state index contributed by atoms with van der Waals surface area (Å²) in [7, 11) is 0. The van der Waals surface area contributed by atoms with Gasteiger partial charge in [-0.1, -0.05) is 41.6 Å². The molecule has 0 unspecified atom stereocenters. The summed E-state index contributed by atoms with van der Waals surface area (Å²) in [5, 5.41) is 4.13. The molecule has 1 aliphatic heterocycles. The molecule has 0 radical (unpaired) electrons. The lowest BCUT2D eigenvalue weighted by atomic mass is 9.80. The van der Waals surface area contributed by atoms with E-state index in [-0.39, 0.29) is 36.0 Å². The maximum absolute atomic E-state index is 13.6. The normalized spacial score (nSPS) is 15.5. The van der Waals surface area contributed by atoms with E-state index in [4.69, 9.17) is 19.7 Å². The van der Waals surface area contributed by atoms with Crippen molar-refractivity contribution in [1.82, 2.24) is 10.1 Å². The lowest BCUT2D eigenvalue weighted by molar-refractivity contribution is 0.0409. The van der Waals surface area contributed by atoms with Crippen molar-refractivity contribution >= 4 is 12.4 Å². The molecule has 4 rings (SSSR count). The maximum atomic E-state index is 13.6. The summed E-state index contributed by atoms with van der Waals surface area (Å²) < 4.78 is 30.1. The van der Waals surface area contributed by atoms with Crippen LogP contribution in [0.1, 0.15) is 24.3 Å². The Morgan fingerprint density at radius 3 is 2.48 bits per heavy atom.